The van der Waals surface area contributed by atoms with Crippen LogP contribution in [0.4, 0.5) is 13.2 Å². The first-order valence-corrected chi connectivity index (χ1v) is 9.38. The zero-order chi connectivity index (χ0) is 19.4. The molecule has 1 N–H and O–H groups in total. The van der Waals surface area contributed by atoms with Crippen molar-refractivity contribution in [2.24, 2.45) is 0 Å². The molecule has 0 atom stereocenters. The van der Waals surface area contributed by atoms with E-state index in [0.29, 0.717) is 38.3 Å². The summed E-state index contributed by atoms with van der Waals surface area (Å²) in [4.78, 5) is 29.4. The van der Waals surface area contributed by atoms with E-state index in [-0.39, 0.29) is 18.2 Å². The van der Waals surface area contributed by atoms with E-state index >= 15 is 0 Å². The van der Waals surface area contributed by atoms with Gasteiger partial charge >= 0.3 is 6.18 Å². The Kier molecular flexibility index (Phi) is 6.04. The topological polar surface area (TPSA) is 45.1 Å². The molecule has 2 heterocycles. The van der Waals surface area contributed by atoms with Gasteiger partial charge in [0.25, 0.3) is 5.91 Å². The third-order valence-electron chi connectivity index (χ3n) is 5.29. The first-order valence-electron chi connectivity index (χ1n) is 9.38. The second-order valence-corrected chi connectivity index (χ2v) is 7.27. The molecule has 148 valence electrons. The summed E-state index contributed by atoms with van der Waals surface area (Å²) in [7, 11) is 0. The van der Waals surface area contributed by atoms with Crippen molar-refractivity contribution in [2.45, 2.75) is 25.4 Å². The average molecular weight is 384 g/mol. The second kappa shape index (κ2) is 8.29. The Hall–Kier alpha value is -2.09. The van der Waals surface area contributed by atoms with Crippen LogP contribution in [-0.4, -0.2) is 67.4 Å². The van der Waals surface area contributed by atoms with Crippen molar-refractivity contribution in [2.75, 3.05) is 45.8 Å². The van der Waals surface area contributed by atoms with Crippen LogP contribution in [0.1, 0.15) is 24.0 Å². The number of likely N-dealkylation sites (tertiary alicyclic amines) is 1. The lowest BCUT2D eigenvalue weighted by atomic mass is 10.1. The predicted molar refractivity (Wildman–Crippen MR) is 93.1 cm³/mol. The maximum atomic E-state index is 12.8. The molecule has 2 aliphatic heterocycles. The normalized spacial score (nSPS) is 18.8. The molecule has 5 nitrogen and oxygen atoms in total. The number of amides is 2. The van der Waals surface area contributed by atoms with Crippen LogP contribution >= 0.6 is 0 Å². The lowest BCUT2D eigenvalue weighted by molar-refractivity contribution is -0.896. The molecular weight excluding hydrogens is 359 g/mol. The van der Waals surface area contributed by atoms with Gasteiger partial charge in [0.15, 0.2) is 6.54 Å². The van der Waals surface area contributed by atoms with Gasteiger partial charge in [-0.1, -0.05) is 18.2 Å². The van der Waals surface area contributed by atoms with Gasteiger partial charge in [0, 0.05) is 13.1 Å². The molecule has 1 aromatic rings. The van der Waals surface area contributed by atoms with E-state index in [1.807, 2.05) is 4.90 Å². The van der Waals surface area contributed by atoms with E-state index in [9.17, 15) is 22.8 Å². The third kappa shape index (κ3) is 5.22. The molecule has 2 aliphatic rings. The van der Waals surface area contributed by atoms with Gasteiger partial charge in [-0.3, -0.25) is 9.59 Å². The number of halogens is 3. The molecule has 0 aromatic heterocycles. The van der Waals surface area contributed by atoms with E-state index in [4.69, 9.17) is 0 Å². The zero-order valence-corrected chi connectivity index (χ0v) is 15.2. The minimum atomic E-state index is -4.41. The van der Waals surface area contributed by atoms with E-state index in [0.717, 1.165) is 43.0 Å². The second-order valence-electron chi connectivity index (χ2n) is 7.27. The molecule has 0 aliphatic carbocycles. The summed E-state index contributed by atoms with van der Waals surface area (Å²) < 4.78 is 38.4. The molecule has 0 saturated carbocycles. The van der Waals surface area contributed by atoms with Crippen molar-refractivity contribution in [1.29, 1.82) is 0 Å². The Labute approximate surface area is 156 Å². The fraction of sp³-hybridized carbons (Fsp3) is 0.579. The average Bonchev–Trinajstić information content (AvgIpc) is 3.16. The largest absolute Gasteiger partial charge is 0.416 e. The number of hydrogen-bond acceptors (Lipinski definition) is 2. The molecule has 0 spiro atoms. The predicted octanol–water partition coefficient (Wildman–Crippen LogP) is 0.597. The van der Waals surface area contributed by atoms with Gasteiger partial charge in [-0.25, -0.2) is 0 Å². The van der Waals surface area contributed by atoms with Crippen LogP contribution in [-0.2, 0) is 22.2 Å². The van der Waals surface area contributed by atoms with Gasteiger partial charge in [-0.15, -0.1) is 0 Å². The first-order chi connectivity index (χ1) is 12.8. The van der Waals surface area contributed by atoms with Gasteiger partial charge in [0.05, 0.1) is 38.2 Å². The molecule has 27 heavy (non-hydrogen) atoms. The summed E-state index contributed by atoms with van der Waals surface area (Å²) in [6.07, 6.45) is -2.31. The van der Waals surface area contributed by atoms with Crippen LogP contribution < -0.4 is 4.90 Å². The number of rotatable bonds is 4. The van der Waals surface area contributed by atoms with Crippen LogP contribution in [0, 0.1) is 0 Å². The van der Waals surface area contributed by atoms with Gasteiger partial charge in [0.2, 0.25) is 5.91 Å². The van der Waals surface area contributed by atoms with Crippen molar-refractivity contribution in [3.63, 3.8) is 0 Å². The molecule has 0 bridgehead atoms. The van der Waals surface area contributed by atoms with E-state index < -0.39 is 11.7 Å². The highest BCUT2D eigenvalue weighted by Crippen LogP contribution is 2.29. The quantitative estimate of drug-likeness (QED) is 0.826. The molecule has 0 unspecified atom stereocenters. The van der Waals surface area contributed by atoms with Gasteiger partial charge in [0.1, 0.15) is 0 Å². The monoisotopic (exact) mass is 384 g/mol. The van der Waals surface area contributed by atoms with Crippen LogP contribution in [0.5, 0.6) is 0 Å². The van der Waals surface area contributed by atoms with Crippen molar-refractivity contribution in [3.05, 3.63) is 35.4 Å². The van der Waals surface area contributed by atoms with Crippen LogP contribution in [0.2, 0.25) is 0 Å². The van der Waals surface area contributed by atoms with Gasteiger partial charge < -0.3 is 14.7 Å². The molecular formula is C19H25F3N3O2+. The highest BCUT2D eigenvalue weighted by Gasteiger charge is 2.31. The fourth-order valence-corrected chi connectivity index (χ4v) is 3.69. The lowest BCUT2D eigenvalue weighted by Gasteiger charge is -2.32. The molecule has 0 radical (unpaired) electrons. The Morgan fingerprint density at radius 1 is 0.963 bits per heavy atom. The Balaban J connectivity index is 1.48. The highest BCUT2D eigenvalue weighted by molar-refractivity contribution is 5.79. The van der Waals surface area contributed by atoms with E-state index in [2.05, 4.69) is 0 Å². The maximum Gasteiger partial charge on any atom is 0.416 e. The summed E-state index contributed by atoms with van der Waals surface area (Å²) in [5.74, 6) is 0.00508. The number of piperazine rings is 1. The van der Waals surface area contributed by atoms with Crippen LogP contribution in [0.25, 0.3) is 0 Å². The molecule has 8 heteroatoms. The minimum Gasteiger partial charge on any atom is -0.338 e. The summed E-state index contributed by atoms with van der Waals surface area (Å²) in [5.41, 5.74) is -0.365. The first kappa shape index (κ1) is 19.7. The van der Waals surface area contributed by atoms with Crippen molar-refractivity contribution < 1.29 is 27.7 Å². The molecule has 2 fully saturated rings. The smallest absolute Gasteiger partial charge is 0.338 e. The molecule has 1 aromatic carbocycles. The molecule has 2 saturated heterocycles. The number of quaternary nitrogens is 1. The fourth-order valence-electron chi connectivity index (χ4n) is 3.69. The lowest BCUT2D eigenvalue weighted by Crippen LogP contribution is -3.15. The van der Waals surface area contributed by atoms with Crippen molar-refractivity contribution in [3.8, 4) is 0 Å². The zero-order valence-electron chi connectivity index (χ0n) is 15.2. The standard InChI is InChI=1S/C19H24F3N3O2/c20-19(21,22)16-5-3-4-15(12-16)13-17(26)25-10-8-23(9-11-25)14-18(27)24-6-1-2-7-24/h3-5,12H,1-2,6-11,13-14H2/p+1. The van der Waals surface area contributed by atoms with E-state index in [1.54, 1.807) is 11.0 Å². The summed E-state index contributed by atoms with van der Waals surface area (Å²) in [6, 6.07) is 4.92. The Morgan fingerprint density at radius 3 is 2.22 bits per heavy atom. The summed E-state index contributed by atoms with van der Waals surface area (Å²) in [5, 5.41) is 0. The van der Waals surface area contributed by atoms with Crippen molar-refractivity contribution in [1.82, 2.24) is 9.80 Å². The number of nitrogens with zero attached hydrogens (tertiary/aromatic N) is 2. The van der Waals surface area contributed by atoms with Gasteiger partial charge in [-0.05, 0) is 24.5 Å². The number of alkyl halides is 3. The number of nitrogens with one attached hydrogen (secondary N) is 1. The summed E-state index contributed by atoms with van der Waals surface area (Å²) >= 11 is 0. The summed E-state index contributed by atoms with van der Waals surface area (Å²) in [6.45, 7) is 4.57. The Bertz CT molecular complexity index is 679. The number of benzene rings is 1. The third-order valence-corrected chi connectivity index (χ3v) is 5.29. The number of carbonyl (C=O) groups excluding carboxylic acids is 2. The van der Waals surface area contributed by atoms with Gasteiger partial charge in [-0.2, -0.15) is 13.2 Å². The molecule has 2 amide bonds. The number of carbonyl (C=O) groups is 2. The maximum absolute atomic E-state index is 12.8. The molecule has 3 rings (SSSR count). The van der Waals surface area contributed by atoms with Crippen molar-refractivity contribution >= 4 is 11.8 Å². The minimum absolute atomic E-state index is 0.0358. The van der Waals surface area contributed by atoms with Crippen LogP contribution in [0.3, 0.4) is 0 Å². The Morgan fingerprint density at radius 2 is 1.59 bits per heavy atom. The van der Waals surface area contributed by atoms with E-state index in [1.165, 1.54) is 6.07 Å². The van der Waals surface area contributed by atoms with Crippen LogP contribution in [0.15, 0.2) is 24.3 Å². The SMILES string of the molecule is O=C(Cc1cccc(C(F)(F)F)c1)N1CC[NH+](CC(=O)N2CCCC2)CC1. The number of hydrogen-bond donors (Lipinski definition) is 1. The highest BCUT2D eigenvalue weighted by atomic mass is 19.4.